The number of carbonyl (C=O) groups excluding carboxylic acids is 2. The van der Waals surface area contributed by atoms with Crippen LogP contribution in [0.15, 0.2) is 60.7 Å². The van der Waals surface area contributed by atoms with Gasteiger partial charge in [0.15, 0.2) is 0 Å². The SMILES string of the molecule is C[C@H](CC(=O)N1C(=O)OC[C@@H]1Cc1ccccc1)N1C(=S)OC[C@H]1c1ccccc1. The van der Waals surface area contributed by atoms with Crippen molar-refractivity contribution in [3.8, 4) is 0 Å². The Morgan fingerprint density at radius 3 is 2.43 bits per heavy atom. The third-order valence-corrected chi connectivity index (χ3v) is 5.91. The maximum atomic E-state index is 13.1. The fourth-order valence-electron chi connectivity index (χ4n) is 4.10. The van der Waals surface area contributed by atoms with Gasteiger partial charge in [-0.05, 0) is 36.7 Å². The average Bonchev–Trinajstić information content (AvgIpc) is 3.32. The highest BCUT2D eigenvalue weighted by molar-refractivity contribution is 7.80. The van der Waals surface area contributed by atoms with E-state index >= 15 is 0 Å². The molecule has 2 saturated heterocycles. The van der Waals surface area contributed by atoms with Crippen molar-refractivity contribution in [2.75, 3.05) is 13.2 Å². The molecule has 4 rings (SSSR count). The maximum absolute atomic E-state index is 13.1. The van der Waals surface area contributed by atoms with Crippen LogP contribution in [-0.4, -0.2) is 52.3 Å². The lowest BCUT2D eigenvalue weighted by atomic mass is 10.0. The summed E-state index contributed by atoms with van der Waals surface area (Å²) in [5.41, 5.74) is 2.14. The normalized spacial score (nSPS) is 22.0. The molecule has 156 valence electrons. The summed E-state index contributed by atoms with van der Waals surface area (Å²) < 4.78 is 10.8. The lowest BCUT2D eigenvalue weighted by Crippen LogP contribution is -2.44. The molecule has 0 N–H and O–H groups in total. The van der Waals surface area contributed by atoms with Gasteiger partial charge in [0, 0.05) is 12.5 Å². The Hall–Kier alpha value is -2.93. The minimum Gasteiger partial charge on any atom is -0.468 e. The summed E-state index contributed by atoms with van der Waals surface area (Å²) in [5.74, 6) is -0.257. The van der Waals surface area contributed by atoms with Crippen LogP contribution in [0.5, 0.6) is 0 Å². The average molecular weight is 425 g/mol. The Bertz CT molecular complexity index is 921. The molecule has 0 radical (unpaired) electrons. The fraction of sp³-hybridized carbons (Fsp3) is 0.348. The largest absolute Gasteiger partial charge is 0.468 e. The monoisotopic (exact) mass is 424 g/mol. The van der Waals surface area contributed by atoms with Gasteiger partial charge >= 0.3 is 6.09 Å². The number of nitrogens with zero attached hydrogens (tertiary/aromatic N) is 2. The first kappa shape index (κ1) is 20.3. The lowest BCUT2D eigenvalue weighted by molar-refractivity contribution is -0.130. The van der Waals surface area contributed by atoms with Gasteiger partial charge < -0.3 is 14.4 Å². The number of amides is 2. The second kappa shape index (κ2) is 8.83. The van der Waals surface area contributed by atoms with Gasteiger partial charge in [-0.25, -0.2) is 9.69 Å². The summed E-state index contributed by atoms with van der Waals surface area (Å²) in [5, 5.41) is 0.383. The van der Waals surface area contributed by atoms with Crippen molar-refractivity contribution in [1.29, 1.82) is 0 Å². The Labute approximate surface area is 181 Å². The zero-order valence-electron chi connectivity index (χ0n) is 16.8. The van der Waals surface area contributed by atoms with Crippen molar-refractivity contribution in [2.45, 2.75) is 37.9 Å². The van der Waals surface area contributed by atoms with Crippen molar-refractivity contribution in [1.82, 2.24) is 9.80 Å². The second-order valence-corrected chi connectivity index (χ2v) is 8.00. The predicted octanol–water partition coefficient (Wildman–Crippen LogP) is 3.71. The molecule has 0 spiro atoms. The summed E-state index contributed by atoms with van der Waals surface area (Å²) in [4.78, 5) is 28.6. The molecule has 0 unspecified atom stereocenters. The first-order valence-corrected chi connectivity index (χ1v) is 10.5. The van der Waals surface area contributed by atoms with E-state index < -0.39 is 6.09 Å². The maximum Gasteiger partial charge on any atom is 0.416 e. The number of thiocarbonyl (C=S) groups is 1. The second-order valence-electron chi connectivity index (χ2n) is 7.65. The van der Waals surface area contributed by atoms with E-state index in [4.69, 9.17) is 21.7 Å². The van der Waals surface area contributed by atoms with E-state index in [0.29, 0.717) is 18.2 Å². The number of hydrogen-bond acceptors (Lipinski definition) is 5. The zero-order valence-corrected chi connectivity index (χ0v) is 17.6. The van der Waals surface area contributed by atoms with E-state index in [1.165, 1.54) is 4.90 Å². The number of benzene rings is 2. The Morgan fingerprint density at radius 1 is 1.07 bits per heavy atom. The fourth-order valence-corrected chi connectivity index (χ4v) is 4.48. The van der Waals surface area contributed by atoms with Crippen LogP contribution in [0.25, 0.3) is 0 Å². The lowest BCUT2D eigenvalue weighted by Gasteiger charge is -2.30. The summed E-state index contributed by atoms with van der Waals surface area (Å²) >= 11 is 5.40. The number of cyclic esters (lactones) is 1. The number of hydrogen-bond donors (Lipinski definition) is 0. The number of ether oxygens (including phenoxy) is 2. The highest BCUT2D eigenvalue weighted by atomic mass is 32.1. The molecule has 0 saturated carbocycles. The summed E-state index contributed by atoms with van der Waals surface area (Å²) in [7, 11) is 0. The van der Waals surface area contributed by atoms with Gasteiger partial charge in [-0.3, -0.25) is 4.79 Å². The first-order valence-electron chi connectivity index (χ1n) is 10.1. The molecular formula is C23H24N2O4S. The van der Waals surface area contributed by atoms with Gasteiger partial charge in [-0.2, -0.15) is 0 Å². The van der Waals surface area contributed by atoms with Crippen LogP contribution in [0.2, 0.25) is 0 Å². The van der Waals surface area contributed by atoms with Gasteiger partial charge in [0.1, 0.15) is 13.2 Å². The third-order valence-electron chi connectivity index (χ3n) is 5.58. The number of carbonyl (C=O) groups is 2. The molecule has 6 nitrogen and oxygen atoms in total. The zero-order chi connectivity index (χ0) is 21.1. The third kappa shape index (κ3) is 4.16. The van der Waals surface area contributed by atoms with Crippen molar-refractivity contribution in [3.63, 3.8) is 0 Å². The van der Waals surface area contributed by atoms with Crippen LogP contribution in [0, 0.1) is 0 Å². The van der Waals surface area contributed by atoms with E-state index in [1.54, 1.807) is 0 Å². The molecule has 0 bridgehead atoms. The van der Waals surface area contributed by atoms with Crippen LogP contribution < -0.4 is 0 Å². The van der Waals surface area contributed by atoms with Crippen molar-refractivity contribution >= 4 is 29.4 Å². The quantitative estimate of drug-likeness (QED) is 0.659. The Kier molecular flexibility index (Phi) is 5.99. The van der Waals surface area contributed by atoms with Gasteiger partial charge in [0.25, 0.3) is 5.17 Å². The van der Waals surface area contributed by atoms with Gasteiger partial charge in [-0.1, -0.05) is 60.7 Å². The van der Waals surface area contributed by atoms with Crippen LogP contribution in [-0.2, 0) is 20.7 Å². The van der Waals surface area contributed by atoms with Crippen LogP contribution >= 0.6 is 12.2 Å². The van der Waals surface area contributed by atoms with Gasteiger partial charge in [0.2, 0.25) is 5.91 Å². The van der Waals surface area contributed by atoms with Crippen LogP contribution in [0.3, 0.4) is 0 Å². The number of rotatable bonds is 6. The first-order chi connectivity index (χ1) is 14.5. The minimum absolute atomic E-state index is 0.0489. The van der Waals surface area contributed by atoms with Crippen molar-refractivity contribution in [2.24, 2.45) is 0 Å². The number of imide groups is 1. The van der Waals surface area contributed by atoms with Crippen molar-refractivity contribution in [3.05, 3.63) is 71.8 Å². The molecule has 2 aromatic rings. The Morgan fingerprint density at radius 2 is 1.73 bits per heavy atom. The summed E-state index contributed by atoms with van der Waals surface area (Å²) in [6.07, 6.45) is 0.144. The van der Waals surface area contributed by atoms with Crippen molar-refractivity contribution < 1.29 is 19.1 Å². The minimum atomic E-state index is -0.576. The molecule has 2 aliphatic rings. The molecule has 2 heterocycles. The van der Waals surface area contributed by atoms with E-state index in [2.05, 4.69) is 0 Å². The molecule has 3 atom stereocenters. The molecule has 7 heteroatoms. The van der Waals surface area contributed by atoms with Crippen LogP contribution in [0.4, 0.5) is 4.79 Å². The molecule has 2 fully saturated rings. The smallest absolute Gasteiger partial charge is 0.416 e. The van der Waals surface area contributed by atoms with Gasteiger partial charge in [-0.15, -0.1) is 0 Å². The molecule has 2 amide bonds. The molecular weight excluding hydrogens is 400 g/mol. The molecule has 2 aliphatic heterocycles. The van der Waals surface area contributed by atoms with Gasteiger partial charge in [0.05, 0.1) is 12.1 Å². The van der Waals surface area contributed by atoms with E-state index in [9.17, 15) is 9.59 Å². The molecule has 30 heavy (non-hydrogen) atoms. The topological polar surface area (TPSA) is 59.1 Å². The standard InChI is InChI=1S/C23H24N2O4S/c1-16(24-20(15-29-23(24)30)18-10-6-3-7-11-18)12-21(26)25-19(14-28-22(25)27)13-17-8-4-2-5-9-17/h2-11,16,19-20H,12-15H2,1H3/t16-,19+,20+/m1/s1. The highest BCUT2D eigenvalue weighted by Crippen LogP contribution is 2.31. The molecule has 0 aliphatic carbocycles. The van der Waals surface area contributed by atoms with E-state index in [1.807, 2.05) is 72.5 Å². The summed E-state index contributed by atoms with van der Waals surface area (Å²) in [6.45, 7) is 2.60. The highest BCUT2D eigenvalue weighted by Gasteiger charge is 2.41. The molecule has 0 aromatic heterocycles. The predicted molar refractivity (Wildman–Crippen MR) is 116 cm³/mol. The van der Waals surface area contributed by atoms with E-state index in [0.717, 1.165) is 11.1 Å². The molecule has 2 aromatic carbocycles. The summed E-state index contributed by atoms with van der Waals surface area (Å²) in [6, 6.07) is 19.2. The van der Waals surface area contributed by atoms with Crippen LogP contribution in [0.1, 0.15) is 30.5 Å². The Balaban J connectivity index is 1.46. The van der Waals surface area contributed by atoms with E-state index in [-0.39, 0.29) is 37.1 Å².